The molecule has 0 aliphatic rings. The van der Waals surface area contributed by atoms with Crippen LogP contribution in [0.25, 0.3) is 0 Å². The molecule has 0 aliphatic heterocycles. The zero-order valence-electron chi connectivity index (χ0n) is 12.6. The minimum absolute atomic E-state index is 0.0370. The van der Waals surface area contributed by atoms with Crippen molar-refractivity contribution in [3.05, 3.63) is 47.8 Å². The van der Waals surface area contributed by atoms with E-state index in [1.54, 1.807) is 0 Å². The van der Waals surface area contributed by atoms with Gasteiger partial charge in [-0.15, -0.1) is 0 Å². The number of nitrogens with zero attached hydrogens (tertiary/aromatic N) is 2. The standard InChI is InChI=1S/C16H22N4O/c1-3-11-20-15(9-10-19-20)12-18-14-7-5-13(6-8-14)16(21)17-4-2/h5-10,18H,3-4,11-12H2,1-2H3,(H,17,21). The first-order valence-electron chi connectivity index (χ1n) is 7.37. The second-order valence-corrected chi connectivity index (χ2v) is 4.84. The van der Waals surface area contributed by atoms with Gasteiger partial charge in [-0.3, -0.25) is 9.48 Å². The van der Waals surface area contributed by atoms with Crippen molar-refractivity contribution in [3.63, 3.8) is 0 Å². The van der Waals surface area contributed by atoms with Crippen molar-refractivity contribution in [3.8, 4) is 0 Å². The molecule has 1 aromatic heterocycles. The average molecular weight is 286 g/mol. The molecule has 1 amide bonds. The minimum Gasteiger partial charge on any atom is -0.379 e. The van der Waals surface area contributed by atoms with Gasteiger partial charge in [0.25, 0.3) is 5.91 Å². The van der Waals surface area contributed by atoms with Gasteiger partial charge in [0.2, 0.25) is 0 Å². The van der Waals surface area contributed by atoms with E-state index in [2.05, 4.69) is 22.7 Å². The van der Waals surface area contributed by atoms with Crippen molar-refractivity contribution < 1.29 is 4.79 Å². The molecular formula is C16H22N4O. The van der Waals surface area contributed by atoms with Crippen LogP contribution >= 0.6 is 0 Å². The zero-order chi connectivity index (χ0) is 15.1. The summed E-state index contributed by atoms with van der Waals surface area (Å²) in [7, 11) is 0. The summed E-state index contributed by atoms with van der Waals surface area (Å²) in [4.78, 5) is 11.7. The van der Waals surface area contributed by atoms with Crippen LogP contribution in [0.4, 0.5) is 5.69 Å². The summed E-state index contributed by atoms with van der Waals surface area (Å²) >= 11 is 0. The van der Waals surface area contributed by atoms with Crippen LogP contribution < -0.4 is 10.6 Å². The normalized spacial score (nSPS) is 10.4. The van der Waals surface area contributed by atoms with Gasteiger partial charge in [-0.25, -0.2) is 0 Å². The Bertz CT molecular complexity index is 574. The molecule has 0 unspecified atom stereocenters. The van der Waals surface area contributed by atoms with Crippen LogP contribution in [0, 0.1) is 0 Å². The Hall–Kier alpha value is -2.30. The summed E-state index contributed by atoms with van der Waals surface area (Å²) < 4.78 is 2.01. The number of carbonyl (C=O) groups excluding carboxylic acids is 1. The van der Waals surface area contributed by atoms with Crippen molar-refractivity contribution >= 4 is 11.6 Å². The largest absolute Gasteiger partial charge is 0.379 e. The van der Waals surface area contributed by atoms with E-state index in [0.717, 1.165) is 30.9 Å². The third-order valence-electron chi connectivity index (χ3n) is 3.20. The fourth-order valence-corrected chi connectivity index (χ4v) is 2.12. The molecule has 0 fully saturated rings. The lowest BCUT2D eigenvalue weighted by Crippen LogP contribution is -2.22. The van der Waals surface area contributed by atoms with Crippen LogP contribution in [0.3, 0.4) is 0 Å². The molecule has 0 aliphatic carbocycles. The van der Waals surface area contributed by atoms with Gasteiger partial charge in [0, 0.05) is 30.5 Å². The number of hydrogen-bond donors (Lipinski definition) is 2. The maximum Gasteiger partial charge on any atom is 0.251 e. The van der Waals surface area contributed by atoms with Crippen molar-refractivity contribution in [1.29, 1.82) is 0 Å². The van der Waals surface area contributed by atoms with Crippen LogP contribution in [-0.2, 0) is 13.1 Å². The first-order chi connectivity index (χ1) is 10.2. The predicted octanol–water partition coefficient (Wildman–Crippen LogP) is 2.65. The molecule has 0 atom stereocenters. The van der Waals surface area contributed by atoms with Crippen molar-refractivity contribution in [2.75, 3.05) is 11.9 Å². The Labute approximate surface area is 125 Å². The van der Waals surface area contributed by atoms with Crippen LogP contribution in [0.5, 0.6) is 0 Å². The summed E-state index contributed by atoms with van der Waals surface area (Å²) in [5.74, 6) is -0.0370. The lowest BCUT2D eigenvalue weighted by atomic mass is 10.2. The van der Waals surface area contributed by atoms with Crippen LogP contribution in [0.15, 0.2) is 36.5 Å². The number of benzene rings is 1. The smallest absolute Gasteiger partial charge is 0.251 e. The molecule has 0 saturated heterocycles. The first kappa shape index (κ1) is 15.1. The van der Waals surface area contributed by atoms with Gasteiger partial charge in [0.1, 0.15) is 0 Å². The number of aryl methyl sites for hydroxylation is 1. The number of anilines is 1. The maximum atomic E-state index is 11.7. The highest BCUT2D eigenvalue weighted by molar-refractivity contribution is 5.94. The van der Waals surface area contributed by atoms with E-state index in [9.17, 15) is 4.79 Å². The zero-order valence-corrected chi connectivity index (χ0v) is 12.6. The summed E-state index contributed by atoms with van der Waals surface area (Å²) in [5.41, 5.74) is 2.83. The predicted molar refractivity (Wildman–Crippen MR) is 84.3 cm³/mol. The van der Waals surface area contributed by atoms with Gasteiger partial charge in [-0.2, -0.15) is 5.10 Å². The fraction of sp³-hybridized carbons (Fsp3) is 0.375. The first-order valence-corrected chi connectivity index (χ1v) is 7.37. The molecule has 5 nitrogen and oxygen atoms in total. The van der Waals surface area contributed by atoms with E-state index in [-0.39, 0.29) is 5.91 Å². The number of aromatic nitrogens is 2. The van der Waals surface area contributed by atoms with Gasteiger partial charge in [-0.05, 0) is 43.7 Å². The van der Waals surface area contributed by atoms with E-state index >= 15 is 0 Å². The third kappa shape index (κ3) is 4.08. The summed E-state index contributed by atoms with van der Waals surface area (Å²) in [6.07, 6.45) is 2.89. The fourth-order valence-electron chi connectivity index (χ4n) is 2.12. The van der Waals surface area contributed by atoms with Crippen molar-refractivity contribution in [2.24, 2.45) is 0 Å². The van der Waals surface area contributed by atoms with E-state index < -0.39 is 0 Å². The molecule has 0 bridgehead atoms. The lowest BCUT2D eigenvalue weighted by molar-refractivity contribution is 0.0956. The van der Waals surface area contributed by atoms with Crippen LogP contribution in [0.1, 0.15) is 36.3 Å². The highest BCUT2D eigenvalue weighted by atomic mass is 16.1. The van der Waals surface area contributed by atoms with Gasteiger partial charge in [-0.1, -0.05) is 6.92 Å². The highest BCUT2D eigenvalue weighted by Gasteiger charge is 2.04. The molecule has 2 aromatic rings. The lowest BCUT2D eigenvalue weighted by Gasteiger charge is -2.09. The second kappa shape index (κ2) is 7.47. The van der Waals surface area contributed by atoms with E-state index in [4.69, 9.17) is 0 Å². The number of hydrogen-bond acceptors (Lipinski definition) is 3. The number of nitrogens with one attached hydrogen (secondary N) is 2. The van der Waals surface area contributed by atoms with Crippen molar-refractivity contribution in [1.82, 2.24) is 15.1 Å². The van der Waals surface area contributed by atoms with E-state index in [0.29, 0.717) is 12.1 Å². The molecule has 5 heteroatoms. The van der Waals surface area contributed by atoms with E-state index in [1.165, 1.54) is 0 Å². The molecule has 0 saturated carbocycles. The Balaban J connectivity index is 1.94. The SMILES string of the molecule is CCCn1nccc1CNc1ccc(C(=O)NCC)cc1. The maximum absolute atomic E-state index is 11.7. The minimum atomic E-state index is -0.0370. The third-order valence-corrected chi connectivity index (χ3v) is 3.20. The quantitative estimate of drug-likeness (QED) is 0.822. The summed E-state index contributed by atoms with van der Waals surface area (Å²) in [6, 6.07) is 9.52. The monoisotopic (exact) mass is 286 g/mol. The van der Waals surface area contributed by atoms with Crippen LogP contribution in [-0.4, -0.2) is 22.2 Å². The Kier molecular flexibility index (Phi) is 5.37. The van der Waals surface area contributed by atoms with Crippen LogP contribution in [0.2, 0.25) is 0 Å². The van der Waals surface area contributed by atoms with Gasteiger partial charge in [0.05, 0.1) is 12.2 Å². The van der Waals surface area contributed by atoms with Crippen molar-refractivity contribution in [2.45, 2.75) is 33.4 Å². The molecule has 21 heavy (non-hydrogen) atoms. The Morgan fingerprint density at radius 3 is 2.62 bits per heavy atom. The molecule has 112 valence electrons. The second-order valence-electron chi connectivity index (χ2n) is 4.84. The molecule has 2 N–H and O–H groups in total. The molecule has 1 heterocycles. The highest BCUT2D eigenvalue weighted by Crippen LogP contribution is 2.11. The number of rotatable bonds is 7. The average Bonchev–Trinajstić information content (AvgIpc) is 2.94. The number of amides is 1. The Morgan fingerprint density at radius 1 is 1.19 bits per heavy atom. The molecule has 0 radical (unpaired) electrons. The molecule has 0 spiro atoms. The van der Waals surface area contributed by atoms with Gasteiger partial charge < -0.3 is 10.6 Å². The molecule has 2 rings (SSSR count). The Morgan fingerprint density at radius 2 is 1.95 bits per heavy atom. The molecular weight excluding hydrogens is 264 g/mol. The topological polar surface area (TPSA) is 59.0 Å². The van der Waals surface area contributed by atoms with Gasteiger partial charge >= 0.3 is 0 Å². The summed E-state index contributed by atoms with van der Waals surface area (Å²) in [5, 5.41) is 10.4. The number of carbonyl (C=O) groups is 1. The van der Waals surface area contributed by atoms with Gasteiger partial charge in [0.15, 0.2) is 0 Å². The molecule has 1 aromatic carbocycles. The summed E-state index contributed by atoms with van der Waals surface area (Å²) in [6.45, 7) is 6.34. The van der Waals surface area contributed by atoms with E-state index in [1.807, 2.05) is 48.1 Å².